The number of piperidine rings is 2. The van der Waals surface area contributed by atoms with E-state index in [1.165, 1.54) is 64.3 Å². The number of likely N-dealkylation sites (tertiary alicyclic amines) is 1. The van der Waals surface area contributed by atoms with Crippen LogP contribution in [0.3, 0.4) is 0 Å². The minimum absolute atomic E-state index is 0.201. The smallest absolute Gasteiger partial charge is 0.317 e. The maximum atomic E-state index is 12.3. The van der Waals surface area contributed by atoms with Gasteiger partial charge >= 0.3 is 6.03 Å². The quantitative estimate of drug-likeness (QED) is 0.811. The van der Waals surface area contributed by atoms with Crippen LogP contribution in [-0.4, -0.2) is 48.7 Å². The topological polar surface area (TPSA) is 36.8 Å². The highest BCUT2D eigenvalue weighted by Crippen LogP contribution is 2.22. The lowest BCUT2D eigenvalue weighted by Gasteiger charge is -2.46. The Morgan fingerprint density at radius 2 is 1.81 bits per heavy atom. The number of nitrogens with zero attached hydrogens (tertiary/aromatic N) is 1. The van der Waals surface area contributed by atoms with Gasteiger partial charge in [-0.3, -0.25) is 0 Å². The van der Waals surface area contributed by atoms with Gasteiger partial charge < -0.3 is 15.1 Å². The third kappa shape index (κ3) is 3.53. The number of carbonyl (C=O) groups is 1. The van der Waals surface area contributed by atoms with E-state index in [2.05, 4.69) is 12.2 Å². The first-order chi connectivity index (χ1) is 10.3. The third-order valence-corrected chi connectivity index (χ3v) is 5.83. The molecule has 2 N–H and O–H groups in total. The fourth-order valence-electron chi connectivity index (χ4n) is 4.73. The predicted molar refractivity (Wildman–Crippen MR) is 84.5 cm³/mol. The highest BCUT2D eigenvalue weighted by Gasteiger charge is 2.42. The van der Waals surface area contributed by atoms with Crippen LogP contribution in [0.1, 0.15) is 64.7 Å². The third-order valence-electron chi connectivity index (χ3n) is 5.83. The molecular weight excluding hydrogens is 262 g/mol. The molecule has 4 atom stereocenters. The van der Waals surface area contributed by atoms with Gasteiger partial charge in [-0.2, -0.15) is 0 Å². The second kappa shape index (κ2) is 6.99. The van der Waals surface area contributed by atoms with Gasteiger partial charge in [0.2, 0.25) is 0 Å². The van der Waals surface area contributed by atoms with Crippen LogP contribution in [-0.2, 0) is 0 Å². The number of urea groups is 1. The Morgan fingerprint density at radius 3 is 2.43 bits per heavy atom. The number of fused-ring (bicyclic) bond motifs is 2. The van der Waals surface area contributed by atoms with Gasteiger partial charge in [0, 0.05) is 32.0 Å². The van der Waals surface area contributed by atoms with E-state index in [0.29, 0.717) is 6.04 Å². The highest BCUT2D eigenvalue weighted by atomic mass is 16.2. The maximum absolute atomic E-state index is 12.3. The zero-order chi connectivity index (χ0) is 14.7. The number of nitrogens with one attached hydrogen (secondary N) is 2. The number of unbranched alkanes of at least 4 members (excludes halogenated alkanes) is 1. The molecule has 0 saturated carbocycles. The Kier molecular flexibility index (Phi) is 5.04. The average Bonchev–Trinajstić information content (AvgIpc) is 2.99. The summed E-state index contributed by atoms with van der Waals surface area (Å²) in [6.45, 7) is 5.55. The zero-order valence-corrected chi connectivity index (χ0v) is 13.6. The SMILES string of the molecule is CCCC[NH+]1[C@@H]2CCC[C@H]1CC(NC(=O)N1CCCC1)C2. The van der Waals surface area contributed by atoms with Crippen LogP contribution in [0.2, 0.25) is 0 Å². The van der Waals surface area contributed by atoms with Crippen molar-refractivity contribution in [1.29, 1.82) is 0 Å². The molecule has 0 aromatic rings. The monoisotopic (exact) mass is 294 g/mol. The predicted octanol–water partition coefficient (Wildman–Crippen LogP) is 1.56. The summed E-state index contributed by atoms with van der Waals surface area (Å²) in [5.74, 6) is 0. The fourth-order valence-corrected chi connectivity index (χ4v) is 4.73. The van der Waals surface area contributed by atoms with Gasteiger partial charge in [0.05, 0.1) is 18.6 Å². The highest BCUT2D eigenvalue weighted by molar-refractivity contribution is 5.74. The second-order valence-corrected chi connectivity index (χ2v) is 7.32. The molecular formula is C17H32N3O+. The maximum Gasteiger partial charge on any atom is 0.317 e. The fraction of sp³-hybridized carbons (Fsp3) is 0.941. The first-order valence-electron chi connectivity index (χ1n) is 9.19. The van der Waals surface area contributed by atoms with Gasteiger partial charge in [-0.05, 0) is 38.5 Å². The zero-order valence-electron chi connectivity index (χ0n) is 13.6. The lowest BCUT2D eigenvalue weighted by atomic mass is 9.81. The largest absolute Gasteiger partial charge is 0.335 e. The normalized spacial score (nSPS) is 35.8. The molecule has 21 heavy (non-hydrogen) atoms. The minimum Gasteiger partial charge on any atom is -0.335 e. The molecule has 120 valence electrons. The van der Waals surface area contributed by atoms with Crippen LogP contribution < -0.4 is 10.2 Å². The molecule has 3 aliphatic rings. The molecule has 0 spiro atoms. The van der Waals surface area contributed by atoms with Gasteiger partial charge in [-0.1, -0.05) is 13.3 Å². The number of carbonyl (C=O) groups excluding carboxylic acids is 1. The molecule has 0 aliphatic carbocycles. The van der Waals surface area contributed by atoms with Crippen LogP contribution in [0.25, 0.3) is 0 Å². The van der Waals surface area contributed by atoms with Crippen molar-refractivity contribution in [2.24, 2.45) is 0 Å². The van der Waals surface area contributed by atoms with Gasteiger partial charge in [-0.15, -0.1) is 0 Å². The van der Waals surface area contributed by atoms with E-state index in [9.17, 15) is 4.79 Å². The van der Waals surface area contributed by atoms with Crippen LogP contribution >= 0.6 is 0 Å². The number of quaternary nitrogens is 1. The van der Waals surface area contributed by atoms with Gasteiger partial charge in [0.15, 0.2) is 0 Å². The molecule has 0 radical (unpaired) electrons. The van der Waals surface area contributed by atoms with Gasteiger partial charge in [-0.25, -0.2) is 4.79 Å². The summed E-state index contributed by atoms with van der Waals surface area (Å²) >= 11 is 0. The number of hydrogen-bond donors (Lipinski definition) is 2. The summed E-state index contributed by atoms with van der Waals surface area (Å²) in [5.41, 5.74) is 0. The van der Waals surface area contributed by atoms with E-state index < -0.39 is 0 Å². The van der Waals surface area contributed by atoms with Crippen LogP contribution in [0.5, 0.6) is 0 Å². The first-order valence-corrected chi connectivity index (χ1v) is 9.19. The van der Waals surface area contributed by atoms with Crippen molar-refractivity contribution in [2.45, 2.75) is 82.8 Å². The van der Waals surface area contributed by atoms with Crippen molar-refractivity contribution in [2.75, 3.05) is 19.6 Å². The molecule has 4 heteroatoms. The minimum atomic E-state index is 0.201. The summed E-state index contributed by atoms with van der Waals surface area (Å²) in [6, 6.07) is 2.23. The Bertz CT molecular complexity index is 340. The summed E-state index contributed by atoms with van der Waals surface area (Å²) in [7, 11) is 0. The van der Waals surface area contributed by atoms with Crippen molar-refractivity contribution in [1.82, 2.24) is 10.2 Å². The van der Waals surface area contributed by atoms with Crippen LogP contribution in [0, 0.1) is 0 Å². The van der Waals surface area contributed by atoms with Gasteiger partial charge in [0.1, 0.15) is 0 Å². The molecule has 2 bridgehead atoms. The molecule has 2 unspecified atom stereocenters. The molecule has 3 fully saturated rings. The van der Waals surface area contributed by atoms with Crippen LogP contribution in [0.15, 0.2) is 0 Å². The van der Waals surface area contributed by atoms with Crippen molar-refractivity contribution in [3.63, 3.8) is 0 Å². The van der Waals surface area contributed by atoms with E-state index in [4.69, 9.17) is 0 Å². The molecule has 3 heterocycles. The lowest BCUT2D eigenvalue weighted by Crippen LogP contribution is -3.21. The lowest BCUT2D eigenvalue weighted by molar-refractivity contribution is -0.961. The molecule has 0 aromatic carbocycles. The first kappa shape index (κ1) is 15.1. The average molecular weight is 294 g/mol. The van der Waals surface area contributed by atoms with Crippen molar-refractivity contribution in [3.8, 4) is 0 Å². The van der Waals surface area contributed by atoms with E-state index >= 15 is 0 Å². The molecule has 3 aliphatic heterocycles. The Labute approximate surface area is 129 Å². The van der Waals surface area contributed by atoms with E-state index in [0.717, 1.165) is 25.2 Å². The molecule has 4 nitrogen and oxygen atoms in total. The number of hydrogen-bond acceptors (Lipinski definition) is 1. The summed E-state index contributed by atoms with van der Waals surface area (Å²) in [6.07, 6.45) is 11.6. The molecule has 0 aromatic heterocycles. The Balaban J connectivity index is 1.54. The standard InChI is InChI=1S/C17H31N3O/c1-2-3-11-20-15-7-6-8-16(20)13-14(12-15)18-17(21)19-9-4-5-10-19/h14-16H,2-13H2,1H3,(H,18,21)/p+1/t14?,15-,16+. The van der Waals surface area contributed by atoms with Crippen molar-refractivity contribution < 1.29 is 9.69 Å². The second-order valence-electron chi connectivity index (χ2n) is 7.32. The van der Waals surface area contributed by atoms with E-state index in [-0.39, 0.29) is 6.03 Å². The van der Waals surface area contributed by atoms with E-state index in [1.54, 1.807) is 0 Å². The van der Waals surface area contributed by atoms with Crippen molar-refractivity contribution in [3.05, 3.63) is 0 Å². The molecule has 2 amide bonds. The van der Waals surface area contributed by atoms with Crippen LogP contribution in [0.4, 0.5) is 4.79 Å². The Hall–Kier alpha value is -0.770. The summed E-state index contributed by atoms with van der Waals surface area (Å²) in [4.78, 5) is 16.2. The summed E-state index contributed by atoms with van der Waals surface area (Å²) < 4.78 is 0. The summed E-state index contributed by atoms with van der Waals surface area (Å²) in [5, 5.41) is 3.34. The number of rotatable bonds is 4. The Morgan fingerprint density at radius 1 is 1.14 bits per heavy atom. The van der Waals surface area contributed by atoms with Crippen molar-refractivity contribution >= 4 is 6.03 Å². The van der Waals surface area contributed by atoms with E-state index in [1.807, 2.05) is 9.80 Å². The molecule has 3 rings (SSSR count). The van der Waals surface area contributed by atoms with Gasteiger partial charge in [0.25, 0.3) is 0 Å². The molecule has 3 saturated heterocycles. The number of amides is 2.